The van der Waals surface area contributed by atoms with E-state index in [4.69, 9.17) is 14.2 Å². The molecule has 0 aliphatic rings. The van der Waals surface area contributed by atoms with Gasteiger partial charge in [-0.25, -0.2) is 0 Å². The normalized spacial score (nSPS) is 12.8. The topological polar surface area (TPSA) is 78.9 Å². The summed E-state index contributed by atoms with van der Waals surface area (Å²) in [4.78, 5) is 38.1. The van der Waals surface area contributed by atoms with Crippen molar-refractivity contribution >= 4 is 17.9 Å². The minimum Gasteiger partial charge on any atom is -0.462 e. The summed E-state index contributed by atoms with van der Waals surface area (Å²) in [6.07, 6.45) is 72.5. The van der Waals surface area contributed by atoms with Gasteiger partial charge in [-0.3, -0.25) is 14.4 Å². The summed E-state index contributed by atoms with van der Waals surface area (Å²) < 4.78 is 16.8. The van der Waals surface area contributed by atoms with E-state index in [-0.39, 0.29) is 31.1 Å². The molecule has 67 heavy (non-hydrogen) atoms. The SMILES string of the molecule is CC/C=C\C/C=C\C/C=C\C/C=C\CCCCC(=O)OC[C@H](COC(=O)CCCCCCCCCCC/C=C\CCCCCCCC)OC(=O)CCCCCCC/C=C\C/C=C\C/C=C\CC. The minimum atomic E-state index is -0.805. The maximum Gasteiger partial charge on any atom is 0.306 e. The molecule has 6 nitrogen and oxygen atoms in total. The zero-order chi connectivity index (χ0) is 48.6. The third-order valence-electron chi connectivity index (χ3n) is 11.6. The highest BCUT2D eigenvalue weighted by Gasteiger charge is 2.19. The van der Waals surface area contributed by atoms with Crippen LogP contribution >= 0.6 is 0 Å². The standard InChI is InChI=1S/C61H102O6/c1-4-7-10-13-16-19-22-25-28-29-30-31-34-36-39-42-45-48-51-54-60(63)66-57-58(67-61(64)55-52-49-46-43-40-37-33-27-24-21-18-15-12-9-6-3)56-65-59(62)53-50-47-44-41-38-35-32-26-23-20-17-14-11-8-5-2/h8-9,11-12,17-18,20-21,25-28,32-33,38,41,58H,4-7,10,13-16,19,22-24,29-31,34-37,39-40,42-57H2,1-3H3/b11-8-,12-9-,20-17-,21-18-,28-25-,32-26-,33-27-,41-38-/t58-/m1/s1. The number of rotatable bonds is 49. The molecule has 0 aromatic heterocycles. The smallest absolute Gasteiger partial charge is 0.306 e. The third kappa shape index (κ3) is 53.2. The van der Waals surface area contributed by atoms with E-state index in [0.29, 0.717) is 19.3 Å². The van der Waals surface area contributed by atoms with E-state index < -0.39 is 6.10 Å². The van der Waals surface area contributed by atoms with Gasteiger partial charge in [-0.15, -0.1) is 0 Å². The number of carbonyl (C=O) groups excluding carboxylic acids is 3. The van der Waals surface area contributed by atoms with Crippen LogP contribution in [0.3, 0.4) is 0 Å². The summed E-state index contributed by atoms with van der Waals surface area (Å²) in [7, 11) is 0. The highest BCUT2D eigenvalue weighted by atomic mass is 16.6. The Morgan fingerprint density at radius 1 is 0.313 bits per heavy atom. The summed E-state index contributed by atoms with van der Waals surface area (Å²) in [6, 6.07) is 0. The van der Waals surface area contributed by atoms with Crippen molar-refractivity contribution in [3.63, 3.8) is 0 Å². The quantitative estimate of drug-likeness (QED) is 0.0262. The second-order valence-electron chi connectivity index (χ2n) is 18.1. The summed E-state index contributed by atoms with van der Waals surface area (Å²) in [5, 5.41) is 0. The Morgan fingerprint density at radius 2 is 0.582 bits per heavy atom. The van der Waals surface area contributed by atoms with Crippen LogP contribution in [0, 0.1) is 0 Å². The number of carbonyl (C=O) groups is 3. The number of hydrogen-bond acceptors (Lipinski definition) is 6. The maximum absolute atomic E-state index is 12.8. The fraction of sp³-hybridized carbons (Fsp3) is 0.689. The zero-order valence-electron chi connectivity index (χ0n) is 43.6. The fourth-order valence-electron chi connectivity index (χ4n) is 7.44. The van der Waals surface area contributed by atoms with Gasteiger partial charge in [0, 0.05) is 19.3 Å². The van der Waals surface area contributed by atoms with Crippen LogP contribution in [-0.2, 0) is 28.6 Å². The summed E-state index contributed by atoms with van der Waals surface area (Å²) in [6.45, 7) is 6.36. The van der Waals surface area contributed by atoms with E-state index in [2.05, 4.69) is 118 Å². The van der Waals surface area contributed by atoms with Gasteiger partial charge in [0.2, 0.25) is 0 Å². The first kappa shape index (κ1) is 63.3. The molecule has 0 heterocycles. The first-order chi connectivity index (χ1) is 33.0. The number of allylic oxidation sites excluding steroid dienone is 16. The van der Waals surface area contributed by atoms with Gasteiger partial charge in [0.15, 0.2) is 6.10 Å². The van der Waals surface area contributed by atoms with E-state index in [9.17, 15) is 14.4 Å². The Morgan fingerprint density at radius 3 is 0.955 bits per heavy atom. The lowest BCUT2D eigenvalue weighted by atomic mass is 10.1. The van der Waals surface area contributed by atoms with E-state index >= 15 is 0 Å². The number of hydrogen-bond donors (Lipinski definition) is 0. The molecule has 0 spiro atoms. The number of esters is 3. The number of unbranched alkanes of at least 4 members (excludes halogenated alkanes) is 22. The molecule has 0 aromatic carbocycles. The Labute approximate surface area is 413 Å². The molecule has 0 aliphatic heterocycles. The molecule has 382 valence electrons. The van der Waals surface area contributed by atoms with Crippen LogP contribution in [0.25, 0.3) is 0 Å². The predicted octanol–water partition coefficient (Wildman–Crippen LogP) is 18.5. The molecule has 0 fully saturated rings. The van der Waals surface area contributed by atoms with Crippen LogP contribution in [-0.4, -0.2) is 37.2 Å². The molecule has 0 saturated carbocycles. The van der Waals surface area contributed by atoms with Gasteiger partial charge in [0.25, 0.3) is 0 Å². The average Bonchev–Trinajstić information content (AvgIpc) is 3.33. The van der Waals surface area contributed by atoms with Crippen LogP contribution in [0.4, 0.5) is 0 Å². The molecule has 0 unspecified atom stereocenters. The molecule has 0 aliphatic carbocycles. The lowest BCUT2D eigenvalue weighted by Gasteiger charge is -2.18. The van der Waals surface area contributed by atoms with E-state index in [1.807, 2.05) is 0 Å². The van der Waals surface area contributed by atoms with Gasteiger partial charge in [-0.1, -0.05) is 214 Å². The molecule has 0 radical (unpaired) electrons. The predicted molar refractivity (Wildman–Crippen MR) is 288 cm³/mol. The minimum absolute atomic E-state index is 0.0994. The first-order valence-corrected chi connectivity index (χ1v) is 27.7. The van der Waals surface area contributed by atoms with Crippen LogP contribution in [0.2, 0.25) is 0 Å². The number of ether oxygens (including phenoxy) is 3. The van der Waals surface area contributed by atoms with E-state index in [1.165, 1.54) is 89.9 Å². The molecule has 0 rings (SSSR count). The highest BCUT2D eigenvalue weighted by molar-refractivity contribution is 5.71. The van der Waals surface area contributed by atoms with Crippen molar-refractivity contribution < 1.29 is 28.6 Å². The lowest BCUT2D eigenvalue weighted by Crippen LogP contribution is -2.30. The maximum atomic E-state index is 12.8. The lowest BCUT2D eigenvalue weighted by molar-refractivity contribution is -0.167. The molecular formula is C61H102O6. The van der Waals surface area contributed by atoms with Gasteiger partial charge in [-0.2, -0.15) is 0 Å². The molecule has 6 heteroatoms. The second-order valence-corrected chi connectivity index (χ2v) is 18.1. The van der Waals surface area contributed by atoms with Crippen molar-refractivity contribution in [3.8, 4) is 0 Å². The van der Waals surface area contributed by atoms with Crippen LogP contribution in [0.5, 0.6) is 0 Å². The van der Waals surface area contributed by atoms with E-state index in [1.54, 1.807) is 0 Å². The second kappa shape index (κ2) is 54.9. The summed E-state index contributed by atoms with van der Waals surface area (Å²) in [5.74, 6) is -0.961. The fourth-order valence-corrected chi connectivity index (χ4v) is 7.44. The van der Waals surface area contributed by atoms with Gasteiger partial charge in [0.05, 0.1) is 0 Å². The van der Waals surface area contributed by atoms with Crippen molar-refractivity contribution in [2.45, 2.75) is 258 Å². The highest BCUT2D eigenvalue weighted by Crippen LogP contribution is 2.14. The van der Waals surface area contributed by atoms with Crippen molar-refractivity contribution in [1.82, 2.24) is 0 Å². The molecule has 0 bridgehead atoms. The summed E-state index contributed by atoms with van der Waals surface area (Å²) in [5.41, 5.74) is 0. The van der Waals surface area contributed by atoms with Crippen molar-refractivity contribution in [1.29, 1.82) is 0 Å². The Bertz CT molecular complexity index is 1350. The first-order valence-electron chi connectivity index (χ1n) is 27.7. The monoisotopic (exact) mass is 931 g/mol. The molecule has 0 N–H and O–H groups in total. The van der Waals surface area contributed by atoms with Crippen molar-refractivity contribution in [2.24, 2.45) is 0 Å². The third-order valence-corrected chi connectivity index (χ3v) is 11.6. The molecule has 1 atom stereocenters. The van der Waals surface area contributed by atoms with E-state index in [0.717, 1.165) is 122 Å². The molecule has 0 saturated heterocycles. The Hall–Kier alpha value is -3.67. The van der Waals surface area contributed by atoms with Gasteiger partial charge in [0.1, 0.15) is 13.2 Å². The summed E-state index contributed by atoms with van der Waals surface area (Å²) >= 11 is 0. The van der Waals surface area contributed by atoms with Gasteiger partial charge >= 0.3 is 17.9 Å². The van der Waals surface area contributed by atoms with Crippen LogP contribution in [0.1, 0.15) is 252 Å². The van der Waals surface area contributed by atoms with Crippen molar-refractivity contribution in [3.05, 3.63) is 97.2 Å². The van der Waals surface area contributed by atoms with Gasteiger partial charge in [-0.05, 0) is 116 Å². The van der Waals surface area contributed by atoms with Crippen LogP contribution in [0.15, 0.2) is 97.2 Å². The van der Waals surface area contributed by atoms with Crippen molar-refractivity contribution in [2.75, 3.05) is 13.2 Å². The average molecular weight is 931 g/mol. The largest absolute Gasteiger partial charge is 0.462 e. The Balaban J connectivity index is 4.45. The van der Waals surface area contributed by atoms with Gasteiger partial charge < -0.3 is 14.2 Å². The molecule has 0 aromatic rings. The Kier molecular flexibility index (Phi) is 51.9. The zero-order valence-corrected chi connectivity index (χ0v) is 43.6. The molecule has 0 amide bonds. The molecular weight excluding hydrogens is 829 g/mol. The van der Waals surface area contributed by atoms with Crippen LogP contribution < -0.4 is 0 Å².